The van der Waals surface area contributed by atoms with Crippen LogP contribution >= 0.6 is 0 Å². The molecule has 1 amide bonds. The quantitative estimate of drug-likeness (QED) is 0.244. The van der Waals surface area contributed by atoms with E-state index >= 15 is 0 Å². The monoisotopic (exact) mass is 470 g/mol. The summed E-state index contributed by atoms with van der Waals surface area (Å²) in [6.07, 6.45) is 1.33. The summed E-state index contributed by atoms with van der Waals surface area (Å²) in [4.78, 5) is 24.0. The molecule has 0 fully saturated rings. The number of nitro benzene ring substituents is 1. The number of rotatable bonds is 7. The van der Waals surface area contributed by atoms with Crippen LogP contribution in [0, 0.1) is 35.3 Å². The van der Waals surface area contributed by atoms with Gasteiger partial charge in [-0.3, -0.25) is 14.9 Å². The Morgan fingerprint density at radius 3 is 2.80 bits per heavy atom. The Bertz CT molecular complexity index is 1500. The number of hydrogen-bond acceptors (Lipinski definition) is 9. The first-order chi connectivity index (χ1) is 16.9. The minimum Gasteiger partial charge on any atom is -0.455 e. The Labute approximate surface area is 198 Å². The van der Waals surface area contributed by atoms with Crippen molar-refractivity contribution >= 4 is 17.8 Å². The third-order valence-corrected chi connectivity index (χ3v) is 5.04. The molecule has 0 unspecified atom stereocenters. The molecule has 0 atom stereocenters. The Hall–Kier alpha value is -5.18. The molecule has 0 aliphatic heterocycles. The molecule has 35 heavy (non-hydrogen) atoms. The van der Waals surface area contributed by atoms with Crippen LogP contribution in [-0.2, 0) is 11.3 Å². The van der Waals surface area contributed by atoms with Crippen molar-refractivity contribution in [2.45, 2.75) is 20.4 Å². The van der Waals surface area contributed by atoms with E-state index < -0.39 is 10.8 Å². The highest BCUT2D eigenvalue weighted by atomic mass is 16.6. The largest absolute Gasteiger partial charge is 0.455 e. The van der Waals surface area contributed by atoms with Crippen molar-refractivity contribution < 1.29 is 14.1 Å². The van der Waals surface area contributed by atoms with Gasteiger partial charge in [-0.15, -0.1) is 10.2 Å². The molecule has 12 nitrogen and oxygen atoms in total. The molecular formula is C23H18N8O4. The summed E-state index contributed by atoms with van der Waals surface area (Å²) in [6.45, 7) is 3.20. The van der Waals surface area contributed by atoms with E-state index in [-0.39, 0.29) is 18.1 Å². The Morgan fingerprint density at radius 1 is 1.23 bits per heavy atom. The molecule has 0 spiro atoms. The molecule has 4 rings (SSSR count). The maximum Gasteiger partial charge on any atom is 0.272 e. The van der Waals surface area contributed by atoms with Crippen LogP contribution in [0.4, 0.5) is 5.69 Å². The minimum atomic E-state index is -0.493. The highest BCUT2D eigenvalue weighted by Crippen LogP contribution is 2.31. The number of benzene rings is 2. The van der Waals surface area contributed by atoms with Crippen molar-refractivity contribution in [1.82, 2.24) is 25.6 Å². The normalized spacial score (nSPS) is 10.9. The van der Waals surface area contributed by atoms with E-state index in [9.17, 15) is 20.2 Å². The summed E-state index contributed by atoms with van der Waals surface area (Å²) in [6, 6.07) is 15.5. The lowest BCUT2D eigenvalue weighted by molar-refractivity contribution is -0.385. The van der Waals surface area contributed by atoms with Crippen LogP contribution in [0.2, 0.25) is 0 Å². The average Bonchev–Trinajstić information content (AvgIpc) is 3.50. The SMILES string of the molecule is Cc1cc([N+](=O)[O-])c(C)cc1-c1ccc(/C=N\NC(=O)Cn2nnc(-c3ccccc3C#N)n2)o1. The van der Waals surface area contributed by atoms with Gasteiger partial charge in [-0.1, -0.05) is 12.1 Å². The molecule has 0 aliphatic rings. The van der Waals surface area contributed by atoms with Gasteiger partial charge in [0.15, 0.2) is 0 Å². The number of nitriles is 1. The standard InChI is InChI=1S/C23H18N8O4/c1-14-10-20(31(33)34)15(2)9-19(14)21-8-7-17(35-21)12-25-26-22(32)13-30-28-23(27-29-30)18-6-4-3-5-16(18)11-24/h3-10,12H,13H2,1-2H3,(H,26,32)/b25-12-. The molecular weight excluding hydrogens is 452 g/mol. The van der Waals surface area contributed by atoms with E-state index in [1.165, 1.54) is 12.3 Å². The molecule has 2 aromatic carbocycles. The number of nitro groups is 1. The van der Waals surface area contributed by atoms with Crippen LogP contribution in [0.5, 0.6) is 0 Å². The number of aryl methyl sites for hydroxylation is 2. The van der Waals surface area contributed by atoms with E-state index in [1.54, 1.807) is 56.3 Å². The number of nitrogens with zero attached hydrogens (tertiary/aromatic N) is 7. The summed E-state index contributed by atoms with van der Waals surface area (Å²) < 4.78 is 5.74. The van der Waals surface area contributed by atoms with Gasteiger partial charge in [0, 0.05) is 22.8 Å². The second-order valence-corrected chi connectivity index (χ2v) is 7.51. The molecule has 2 heterocycles. The number of aromatic nitrogens is 4. The lowest BCUT2D eigenvalue weighted by Crippen LogP contribution is -2.24. The van der Waals surface area contributed by atoms with Crippen LogP contribution in [0.15, 0.2) is 58.0 Å². The molecule has 2 aromatic heterocycles. The van der Waals surface area contributed by atoms with Gasteiger partial charge < -0.3 is 4.42 Å². The van der Waals surface area contributed by atoms with Gasteiger partial charge in [-0.2, -0.15) is 15.2 Å². The molecule has 174 valence electrons. The lowest BCUT2D eigenvalue weighted by atomic mass is 10.0. The van der Waals surface area contributed by atoms with Gasteiger partial charge in [-0.05, 0) is 55.0 Å². The van der Waals surface area contributed by atoms with Gasteiger partial charge >= 0.3 is 0 Å². The second-order valence-electron chi connectivity index (χ2n) is 7.51. The van der Waals surface area contributed by atoms with Crippen LogP contribution < -0.4 is 5.43 Å². The zero-order valence-corrected chi connectivity index (χ0v) is 18.7. The van der Waals surface area contributed by atoms with Gasteiger partial charge in [0.1, 0.15) is 18.1 Å². The molecule has 0 saturated carbocycles. The fourth-order valence-electron chi connectivity index (χ4n) is 3.36. The molecule has 1 N–H and O–H groups in total. The number of amides is 1. The third kappa shape index (κ3) is 5.09. The summed E-state index contributed by atoms with van der Waals surface area (Å²) in [5.41, 5.74) is 5.27. The first-order valence-electron chi connectivity index (χ1n) is 10.3. The zero-order valence-electron chi connectivity index (χ0n) is 18.7. The van der Waals surface area contributed by atoms with E-state index in [1.807, 2.05) is 0 Å². The molecule has 0 aliphatic carbocycles. The predicted octanol–water partition coefficient (Wildman–Crippen LogP) is 3.15. The van der Waals surface area contributed by atoms with Crippen molar-refractivity contribution in [3.8, 4) is 28.8 Å². The molecule has 12 heteroatoms. The van der Waals surface area contributed by atoms with E-state index in [2.05, 4.69) is 32.0 Å². The van der Waals surface area contributed by atoms with E-state index in [0.717, 1.165) is 10.4 Å². The number of hydrazone groups is 1. The zero-order chi connectivity index (χ0) is 24.9. The number of tetrazole rings is 1. The number of nitrogens with one attached hydrogen (secondary N) is 1. The second kappa shape index (κ2) is 9.75. The van der Waals surface area contributed by atoms with E-state index in [0.29, 0.717) is 33.8 Å². The van der Waals surface area contributed by atoms with Crippen molar-refractivity contribution in [3.05, 3.63) is 81.1 Å². The number of carbonyl (C=O) groups excluding carboxylic acids is 1. The summed E-state index contributed by atoms with van der Waals surface area (Å²) in [7, 11) is 0. The highest BCUT2D eigenvalue weighted by Gasteiger charge is 2.16. The molecule has 0 radical (unpaired) electrons. The third-order valence-electron chi connectivity index (χ3n) is 5.04. The van der Waals surface area contributed by atoms with E-state index in [4.69, 9.17) is 4.42 Å². The predicted molar refractivity (Wildman–Crippen MR) is 124 cm³/mol. The van der Waals surface area contributed by atoms with Crippen molar-refractivity contribution in [2.75, 3.05) is 0 Å². The summed E-state index contributed by atoms with van der Waals surface area (Å²) in [5.74, 6) is 0.640. The minimum absolute atomic E-state index is 0.0468. The smallest absolute Gasteiger partial charge is 0.272 e. The summed E-state index contributed by atoms with van der Waals surface area (Å²) >= 11 is 0. The first kappa shape index (κ1) is 23.0. The summed E-state index contributed by atoms with van der Waals surface area (Å²) in [5, 5.41) is 36.1. The topological polar surface area (TPSA) is 165 Å². The average molecular weight is 470 g/mol. The van der Waals surface area contributed by atoms with Crippen LogP contribution in [0.25, 0.3) is 22.7 Å². The van der Waals surface area contributed by atoms with Gasteiger partial charge in [0.05, 0.1) is 22.8 Å². The molecule has 4 aromatic rings. The number of hydrogen-bond donors (Lipinski definition) is 1. The van der Waals surface area contributed by atoms with Crippen LogP contribution in [0.3, 0.4) is 0 Å². The number of carbonyl (C=O) groups is 1. The number of furan rings is 1. The highest BCUT2D eigenvalue weighted by molar-refractivity contribution is 5.81. The Balaban J connectivity index is 1.38. The molecule has 0 bridgehead atoms. The van der Waals surface area contributed by atoms with Crippen molar-refractivity contribution in [3.63, 3.8) is 0 Å². The molecule has 0 saturated heterocycles. The Kier molecular flexibility index (Phi) is 6.41. The fraction of sp³-hybridized carbons (Fsp3) is 0.130. The Morgan fingerprint density at radius 2 is 2.03 bits per heavy atom. The van der Waals surface area contributed by atoms with Gasteiger partial charge in [0.25, 0.3) is 11.6 Å². The van der Waals surface area contributed by atoms with Crippen LogP contribution in [-0.4, -0.2) is 37.3 Å². The van der Waals surface area contributed by atoms with Gasteiger partial charge in [-0.25, -0.2) is 5.43 Å². The fourth-order valence-corrected chi connectivity index (χ4v) is 3.36. The van der Waals surface area contributed by atoms with Crippen LogP contribution in [0.1, 0.15) is 22.5 Å². The van der Waals surface area contributed by atoms with Crippen molar-refractivity contribution in [1.29, 1.82) is 5.26 Å². The lowest BCUT2D eigenvalue weighted by Gasteiger charge is -2.05. The first-order valence-corrected chi connectivity index (χ1v) is 10.3. The maximum atomic E-state index is 12.2. The maximum absolute atomic E-state index is 12.2. The van der Waals surface area contributed by atoms with Gasteiger partial charge in [0.2, 0.25) is 5.82 Å². The van der Waals surface area contributed by atoms with Crippen molar-refractivity contribution in [2.24, 2.45) is 5.10 Å².